The standard InChI is InChI=1S/C5H13O3P/c1-5(2)4-9(6,7)8-3/h5H,4H2,1-3H3,(H,6,7). The second kappa shape index (κ2) is 3.35. The molecule has 0 saturated heterocycles. The first-order valence-corrected chi connectivity index (χ1v) is 4.62. The van der Waals surface area contributed by atoms with E-state index in [-0.39, 0.29) is 12.1 Å². The SMILES string of the molecule is COP(=O)(O)CC(C)C. The van der Waals surface area contributed by atoms with Crippen molar-refractivity contribution in [3.05, 3.63) is 0 Å². The molecule has 0 aromatic heterocycles. The molecule has 0 aliphatic carbocycles. The highest BCUT2D eigenvalue weighted by atomic mass is 31.2. The molecule has 0 aliphatic rings. The number of hydrogen-bond donors (Lipinski definition) is 1. The van der Waals surface area contributed by atoms with Gasteiger partial charge >= 0.3 is 7.60 Å². The van der Waals surface area contributed by atoms with Crippen LogP contribution < -0.4 is 0 Å². The Labute approximate surface area is 55.6 Å². The summed E-state index contributed by atoms with van der Waals surface area (Å²) in [5.74, 6) is 0.209. The van der Waals surface area contributed by atoms with Gasteiger partial charge in [-0.25, -0.2) is 0 Å². The highest BCUT2D eigenvalue weighted by molar-refractivity contribution is 7.52. The van der Waals surface area contributed by atoms with Crippen LogP contribution in [0.15, 0.2) is 0 Å². The Bertz CT molecular complexity index is 121. The zero-order valence-corrected chi connectivity index (χ0v) is 6.89. The predicted octanol–water partition coefficient (Wildman–Crippen LogP) is 1.47. The van der Waals surface area contributed by atoms with Gasteiger partial charge in [-0.2, -0.15) is 0 Å². The third kappa shape index (κ3) is 4.64. The summed E-state index contributed by atoms with van der Waals surface area (Å²) in [5, 5.41) is 0. The molecular formula is C5H13O3P. The summed E-state index contributed by atoms with van der Waals surface area (Å²) in [6, 6.07) is 0. The van der Waals surface area contributed by atoms with E-state index >= 15 is 0 Å². The molecular weight excluding hydrogens is 139 g/mol. The van der Waals surface area contributed by atoms with Gasteiger partial charge in [-0.05, 0) is 5.92 Å². The Morgan fingerprint density at radius 2 is 2.11 bits per heavy atom. The van der Waals surface area contributed by atoms with Crippen LogP contribution in [-0.2, 0) is 9.09 Å². The summed E-state index contributed by atoms with van der Waals surface area (Å²) in [4.78, 5) is 8.83. The molecule has 0 fully saturated rings. The highest BCUT2D eigenvalue weighted by Gasteiger charge is 2.17. The fourth-order valence-corrected chi connectivity index (χ4v) is 1.61. The molecule has 0 aliphatic heterocycles. The molecule has 0 radical (unpaired) electrons. The van der Waals surface area contributed by atoms with Crippen molar-refractivity contribution in [1.29, 1.82) is 0 Å². The van der Waals surface area contributed by atoms with Crippen molar-refractivity contribution in [3.63, 3.8) is 0 Å². The van der Waals surface area contributed by atoms with Crippen molar-refractivity contribution in [2.45, 2.75) is 13.8 Å². The van der Waals surface area contributed by atoms with Gasteiger partial charge in [0.2, 0.25) is 0 Å². The van der Waals surface area contributed by atoms with E-state index < -0.39 is 7.60 Å². The Hall–Kier alpha value is 0.150. The molecule has 4 heteroatoms. The van der Waals surface area contributed by atoms with Crippen LogP contribution in [-0.4, -0.2) is 18.2 Å². The molecule has 1 N–H and O–H groups in total. The quantitative estimate of drug-likeness (QED) is 0.623. The topological polar surface area (TPSA) is 46.5 Å². The largest absolute Gasteiger partial charge is 0.328 e. The Balaban J connectivity index is 3.73. The summed E-state index contributed by atoms with van der Waals surface area (Å²) in [6.07, 6.45) is 0.240. The van der Waals surface area contributed by atoms with Crippen molar-refractivity contribution in [3.8, 4) is 0 Å². The summed E-state index contributed by atoms with van der Waals surface area (Å²) in [6.45, 7) is 3.75. The molecule has 0 bridgehead atoms. The first kappa shape index (κ1) is 9.15. The van der Waals surface area contributed by atoms with Gasteiger partial charge in [0.15, 0.2) is 0 Å². The minimum absolute atomic E-state index is 0.209. The lowest BCUT2D eigenvalue weighted by Gasteiger charge is -2.09. The third-order valence-corrected chi connectivity index (χ3v) is 2.64. The molecule has 1 unspecified atom stereocenters. The Kier molecular flexibility index (Phi) is 3.41. The van der Waals surface area contributed by atoms with Crippen LogP contribution in [0, 0.1) is 5.92 Å². The molecule has 3 nitrogen and oxygen atoms in total. The van der Waals surface area contributed by atoms with Crippen molar-refractivity contribution in [2.24, 2.45) is 5.92 Å². The minimum atomic E-state index is -3.23. The van der Waals surface area contributed by atoms with E-state index in [0.29, 0.717) is 0 Å². The van der Waals surface area contributed by atoms with Crippen LogP contribution >= 0.6 is 7.60 Å². The first-order valence-electron chi connectivity index (χ1n) is 2.85. The van der Waals surface area contributed by atoms with Gasteiger partial charge in [0.1, 0.15) is 0 Å². The van der Waals surface area contributed by atoms with Gasteiger partial charge in [0.05, 0.1) is 6.16 Å². The lowest BCUT2D eigenvalue weighted by Crippen LogP contribution is -1.98. The van der Waals surface area contributed by atoms with E-state index in [1.54, 1.807) is 0 Å². The van der Waals surface area contributed by atoms with Gasteiger partial charge in [-0.3, -0.25) is 4.57 Å². The van der Waals surface area contributed by atoms with Crippen molar-refractivity contribution in [1.82, 2.24) is 0 Å². The zero-order chi connectivity index (χ0) is 7.49. The third-order valence-electron chi connectivity index (χ3n) is 0.881. The Morgan fingerprint density at radius 1 is 1.67 bits per heavy atom. The summed E-state index contributed by atoms with van der Waals surface area (Å²) >= 11 is 0. The van der Waals surface area contributed by atoms with Crippen LogP contribution in [0.25, 0.3) is 0 Å². The molecule has 0 rings (SSSR count). The fourth-order valence-electron chi connectivity index (χ4n) is 0.536. The van der Waals surface area contributed by atoms with E-state index in [4.69, 9.17) is 4.89 Å². The maximum Gasteiger partial charge on any atom is 0.328 e. The Morgan fingerprint density at radius 3 is 2.22 bits per heavy atom. The normalized spacial score (nSPS) is 17.9. The van der Waals surface area contributed by atoms with Gasteiger partial charge in [0, 0.05) is 7.11 Å². The smallest absolute Gasteiger partial charge is 0.324 e. The monoisotopic (exact) mass is 152 g/mol. The van der Waals surface area contributed by atoms with Gasteiger partial charge in [-0.1, -0.05) is 13.8 Å². The van der Waals surface area contributed by atoms with Crippen LogP contribution in [0.3, 0.4) is 0 Å². The zero-order valence-electron chi connectivity index (χ0n) is 6.00. The van der Waals surface area contributed by atoms with E-state index in [2.05, 4.69) is 4.52 Å². The van der Waals surface area contributed by atoms with E-state index in [1.165, 1.54) is 7.11 Å². The molecule has 0 amide bonds. The van der Waals surface area contributed by atoms with Crippen LogP contribution in [0.4, 0.5) is 0 Å². The summed E-state index contributed by atoms with van der Waals surface area (Å²) in [5.41, 5.74) is 0. The van der Waals surface area contributed by atoms with Gasteiger partial charge in [0.25, 0.3) is 0 Å². The molecule has 0 heterocycles. The van der Waals surface area contributed by atoms with Crippen LogP contribution in [0.5, 0.6) is 0 Å². The first-order chi connectivity index (χ1) is 3.98. The molecule has 0 aromatic carbocycles. The molecule has 56 valence electrons. The molecule has 1 atom stereocenters. The summed E-state index contributed by atoms with van der Waals surface area (Å²) < 4.78 is 15.1. The van der Waals surface area contributed by atoms with E-state index in [1.807, 2.05) is 13.8 Å². The average Bonchev–Trinajstić information content (AvgIpc) is 1.63. The molecule has 0 aromatic rings. The number of hydrogen-bond acceptors (Lipinski definition) is 2. The minimum Gasteiger partial charge on any atom is -0.324 e. The second-order valence-corrected chi connectivity index (χ2v) is 4.40. The van der Waals surface area contributed by atoms with E-state index in [9.17, 15) is 4.57 Å². The summed E-state index contributed by atoms with van der Waals surface area (Å²) in [7, 11) is -1.98. The lowest BCUT2D eigenvalue weighted by molar-refractivity contribution is 0.311. The van der Waals surface area contributed by atoms with Crippen molar-refractivity contribution >= 4 is 7.60 Å². The molecule has 9 heavy (non-hydrogen) atoms. The maximum atomic E-state index is 10.7. The van der Waals surface area contributed by atoms with Crippen molar-refractivity contribution in [2.75, 3.05) is 13.3 Å². The second-order valence-electron chi connectivity index (χ2n) is 2.40. The van der Waals surface area contributed by atoms with E-state index in [0.717, 1.165) is 0 Å². The van der Waals surface area contributed by atoms with Crippen LogP contribution in [0.2, 0.25) is 0 Å². The maximum absolute atomic E-state index is 10.7. The highest BCUT2D eigenvalue weighted by Crippen LogP contribution is 2.42. The van der Waals surface area contributed by atoms with Crippen LogP contribution in [0.1, 0.15) is 13.8 Å². The average molecular weight is 152 g/mol. The molecule has 0 saturated carbocycles. The lowest BCUT2D eigenvalue weighted by atomic mass is 10.3. The fraction of sp³-hybridized carbons (Fsp3) is 1.00. The van der Waals surface area contributed by atoms with Gasteiger partial charge in [-0.15, -0.1) is 0 Å². The van der Waals surface area contributed by atoms with Crippen molar-refractivity contribution < 1.29 is 14.0 Å². The molecule has 0 spiro atoms. The predicted molar refractivity (Wildman–Crippen MR) is 36.5 cm³/mol. The number of rotatable bonds is 3. The van der Waals surface area contributed by atoms with Gasteiger partial charge < -0.3 is 9.42 Å².